The fourth-order valence-electron chi connectivity index (χ4n) is 2.09. The van der Waals surface area contributed by atoms with Gasteiger partial charge in [-0.15, -0.1) is 11.6 Å². The molecule has 0 radical (unpaired) electrons. The summed E-state index contributed by atoms with van der Waals surface area (Å²) in [5.41, 5.74) is -0.0536. The first-order chi connectivity index (χ1) is 8.67. The maximum absolute atomic E-state index is 12.2. The molecule has 0 aliphatic carbocycles. The molecule has 1 fully saturated rings. The van der Waals surface area contributed by atoms with Gasteiger partial charge in [0.1, 0.15) is 0 Å². The van der Waals surface area contributed by atoms with Crippen LogP contribution in [0.25, 0.3) is 0 Å². The number of alkyl halides is 1. The standard InChI is InChI=1S/C12H18ClN3O2/c1-3-15-5-4-14-11(12(15)17)16-7-10(6-13)18-8-9(16)2/h4-5,9-10H,3,6-8H2,1-2H3. The summed E-state index contributed by atoms with van der Waals surface area (Å²) in [6, 6.07) is 0.136. The lowest BCUT2D eigenvalue weighted by Gasteiger charge is -2.37. The molecule has 1 saturated heterocycles. The second-order valence-corrected chi connectivity index (χ2v) is 4.76. The van der Waals surface area contributed by atoms with E-state index in [2.05, 4.69) is 4.98 Å². The van der Waals surface area contributed by atoms with Crippen LogP contribution < -0.4 is 10.5 Å². The fourth-order valence-corrected chi connectivity index (χ4v) is 2.27. The monoisotopic (exact) mass is 271 g/mol. The van der Waals surface area contributed by atoms with E-state index in [0.29, 0.717) is 31.4 Å². The van der Waals surface area contributed by atoms with Crippen LogP contribution >= 0.6 is 11.6 Å². The lowest BCUT2D eigenvalue weighted by atomic mass is 10.2. The molecule has 0 bridgehead atoms. The van der Waals surface area contributed by atoms with Gasteiger partial charge in [0.15, 0.2) is 5.82 Å². The highest BCUT2D eigenvalue weighted by molar-refractivity contribution is 6.18. The molecule has 18 heavy (non-hydrogen) atoms. The van der Waals surface area contributed by atoms with Crippen LogP contribution in [-0.4, -0.2) is 40.7 Å². The van der Waals surface area contributed by atoms with E-state index in [1.807, 2.05) is 18.7 Å². The van der Waals surface area contributed by atoms with Crippen LogP contribution in [0.5, 0.6) is 0 Å². The Hall–Kier alpha value is -1.07. The van der Waals surface area contributed by atoms with Crippen LogP contribution in [0.2, 0.25) is 0 Å². The minimum Gasteiger partial charge on any atom is -0.373 e. The van der Waals surface area contributed by atoms with Crippen molar-refractivity contribution in [2.24, 2.45) is 0 Å². The molecular formula is C12H18ClN3O2. The smallest absolute Gasteiger partial charge is 0.293 e. The maximum atomic E-state index is 12.2. The summed E-state index contributed by atoms with van der Waals surface area (Å²) in [4.78, 5) is 18.4. The number of aromatic nitrogens is 2. The third-order valence-electron chi connectivity index (χ3n) is 3.19. The highest BCUT2D eigenvalue weighted by Crippen LogP contribution is 2.17. The minimum atomic E-state index is -0.0536. The molecule has 2 rings (SSSR count). The lowest BCUT2D eigenvalue weighted by molar-refractivity contribution is 0.0360. The highest BCUT2D eigenvalue weighted by Gasteiger charge is 2.28. The summed E-state index contributed by atoms with van der Waals surface area (Å²) in [5.74, 6) is 0.920. The minimum absolute atomic E-state index is 0.0423. The summed E-state index contributed by atoms with van der Waals surface area (Å²) in [7, 11) is 0. The number of nitrogens with zero attached hydrogens (tertiary/aromatic N) is 3. The summed E-state index contributed by atoms with van der Waals surface area (Å²) in [6.07, 6.45) is 3.33. The van der Waals surface area contributed by atoms with Gasteiger partial charge >= 0.3 is 0 Å². The second-order valence-electron chi connectivity index (χ2n) is 4.45. The zero-order valence-electron chi connectivity index (χ0n) is 10.7. The number of hydrogen-bond acceptors (Lipinski definition) is 4. The van der Waals surface area contributed by atoms with Gasteiger partial charge in [0, 0.05) is 25.5 Å². The molecule has 6 heteroatoms. The molecule has 0 amide bonds. The van der Waals surface area contributed by atoms with E-state index in [1.165, 1.54) is 0 Å². The largest absolute Gasteiger partial charge is 0.373 e. The topological polar surface area (TPSA) is 47.4 Å². The zero-order valence-corrected chi connectivity index (χ0v) is 11.4. The van der Waals surface area contributed by atoms with Gasteiger partial charge in [-0.1, -0.05) is 0 Å². The van der Waals surface area contributed by atoms with E-state index < -0.39 is 0 Å². The predicted molar refractivity (Wildman–Crippen MR) is 71.4 cm³/mol. The quantitative estimate of drug-likeness (QED) is 0.773. The number of aryl methyl sites for hydroxylation is 1. The Kier molecular flexibility index (Phi) is 4.24. The maximum Gasteiger partial charge on any atom is 0.293 e. The first-order valence-electron chi connectivity index (χ1n) is 6.17. The molecule has 2 heterocycles. The molecule has 2 atom stereocenters. The van der Waals surface area contributed by atoms with Crippen LogP contribution in [0, 0.1) is 0 Å². The number of halogens is 1. The molecule has 0 aromatic carbocycles. The van der Waals surface area contributed by atoms with Crippen molar-refractivity contribution in [2.45, 2.75) is 32.5 Å². The summed E-state index contributed by atoms with van der Waals surface area (Å²) < 4.78 is 7.23. The van der Waals surface area contributed by atoms with Crippen molar-refractivity contribution in [3.63, 3.8) is 0 Å². The van der Waals surface area contributed by atoms with Crippen LogP contribution in [0.3, 0.4) is 0 Å². The van der Waals surface area contributed by atoms with E-state index in [4.69, 9.17) is 16.3 Å². The van der Waals surface area contributed by atoms with Crippen molar-refractivity contribution in [3.05, 3.63) is 22.7 Å². The molecule has 0 saturated carbocycles. The van der Waals surface area contributed by atoms with Crippen molar-refractivity contribution in [1.82, 2.24) is 9.55 Å². The van der Waals surface area contributed by atoms with Crippen LogP contribution in [0.4, 0.5) is 5.82 Å². The molecule has 1 aromatic heterocycles. The average molecular weight is 272 g/mol. The van der Waals surface area contributed by atoms with Crippen molar-refractivity contribution in [2.75, 3.05) is 23.9 Å². The van der Waals surface area contributed by atoms with E-state index in [0.717, 1.165) is 0 Å². The van der Waals surface area contributed by atoms with Gasteiger partial charge in [0.05, 0.1) is 24.6 Å². The van der Waals surface area contributed by atoms with Crippen molar-refractivity contribution >= 4 is 17.4 Å². The summed E-state index contributed by atoms with van der Waals surface area (Å²) >= 11 is 5.82. The van der Waals surface area contributed by atoms with E-state index in [9.17, 15) is 4.79 Å². The van der Waals surface area contributed by atoms with Gasteiger partial charge in [-0.05, 0) is 13.8 Å². The molecule has 1 aliphatic rings. The number of hydrogen-bond donors (Lipinski definition) is 0. The van der Waals surface area contributed by atoms with E-state index in [-0.39, 0.29) is 17.7 Å². The number of morpholine rings is 1. The van der Waals surface area contributed by atoms with Gasteiger partial charge in [-0.2, -0.15) is 0 Å². The Labute approximate surface area is 111 Å². The van der Waals surface area contributed by atoms with Crippen molar-refractivity contribution < 1.29 is 4.74 Å². The third-order valence-corrected chi connectivity index (χ3v) is 3.53. The molecule has 0 spiro atoms. The van der Waals surface area contributed by atoms with Crippen LogP contribution in [-0.2, 0) is 11.3 Å². The summed E-state index contributed by atoms with van der Waals surface area (Å²) in [6.45, 7) is 5.79. The molecular weight excluding hydrogens is 254 g/mol. The van der Waals surface area contributed by atoms with Gasteiger partial charge < -0.3 is 14.2 Å². The first-order valence-corrected chi connectivity index (χ1v) is 6.70. The second kappa shape index (κ2) is 5.71. The van der Waals surface area contributed by atoms with Crippen molar-refractivity contribution in [3.8, 4) is 0 Å². The third kappa shape index (κ3) is 2.52. The number of ether oxygens (including phenoxy) is 1. The van der Waals surface area contributed by atoms with Gasteiger partial charge in [-0.3, -0.25) is 4.79 Å². The van der Waals surface area contributed by atoms with E-state index >= 15 is 0 Å². The number of anilines is 1. The van der Waals surface area contributed by atoms with Gasteiger partial charge in [-0.25, -0.2) is 4.98 Å². The zero-order chi connectivity index (χ0) is 13.1. The summed E-state index contributed by atoms with van der Waals surface area (Å²) in [5, 5.41) is 0. The van der Waals surface area contributed by atoms with Crippen LogP contribution in [0.15, 0.2) is 17.2 Å². The lowest BCUT2D eigenvalue weighted by Crippen LogP contribution is -2.51. The molecule has 1 aliphatic heterocycles. The Balaban J connectivity index is 2.32. The highest BCUT2D eigenvalue weighted by atomic mass is 35.5. The Morgan fingerprint density at radius 1 is 1.61 bits per heavy atom. The molecule has 0 N–H and O–H groups in total. The Morgan fingerprint density at radius 3 is 3.06 bits per heavy atom. The SMILES string of the molecule is CCn1ccnc(N2CC(CCl)OCC2C)c1=O. The fraction of sp³-hybridized carbons (Fsp3) is 0.667. The Morgan fingerprint density at radius 2 is 2.39 bits per heavy atom. The Bertz CT molecular complexity index is 463. The normalized spacial score (nSPS) is 24.3. The number of rotatable bonds is 3. The predicted octanol–water partition coefficient (Wildman–Crippen LogP) is 1.10. The average Bonchev–Trinajstić information content (AvgIpc) is 2.40. The van der Waals surface area contributed by atoms with Crippen molar-refractivity contribution in [1.29, 1.82) is 0 Å². The molecule has 5 nitrogen and oxygen atoms in total. The van der Waals surface area contributed by atoms with E-state index in [1.54, 1.807) is 17.0 Å². The van der Waals surface area contributed by atoms with Crippen LogP contribution in [0.1, 0.15) is 13.8 Å². The molecule has 100 valence electrons. The molecule has 2 unspecified atom stereocenters. The molecule has 1 aromatic rings. The van der Waals surface area contributed by atoms with Gasteiger partial charge in [0.2, 0.25) is 0 Å². The van der Waals surface area contributed by atoms with Gasteiger partial charge in [0.25, 0.3) is 5.56 Å². The first kappa shape index (κ1) is 13.4.